The van der Waals surface area contributed by atoms with Gasteiger partial charge in [-0.05, 0) is 19.1 Å². The first-order valence-corrected chi connectivity index (χ1v) is 3.78. The third-order valence-electron chi connectivity index (χ3n) is 1.54. The van der Waals surface area contributed by atoms with Crippen LogP contribution in [0, 0.1) is 6.92 Å². The highest BCUT2D eigenvalue weighted by Crippen LogP contribution is 2.07. The average molecular weight is 168 g/mol. The molecular weight excluding hydrogens is 152 g/mol. The smallest absolute Gasteiger partial charge is 0.318 e. The van der Waals surface area contributed by atoms with Crippen molar-refractivity contribution < 1.29 is 7.65 Å². The number of anilines is 1. The van der Waals surface area contributed by atoms with E-state index in [-0.39, 0.29) is 8.88 Å². The zero-order chi connectivity index (χ0) is 8.97. The van der Waals surface area contributed by atoms with E-state index >= 15 is 0 Å². The molecule has 1 aromatic carbocycles. The molecule has 0 unspecified atom stereocenters. The maximum atomic E-state index is 10.8. The Balaban J connectivity index is 0. The summed E-state index contributed by atoms with van der Waals surface area (Å²) in [5.41, 5.74) is 1.98. The van der Waals surface area contributed by atoms with Crippen molar-refractivity contribution in [2.45, 2.75) is 6.92 Å². The molecule has 12 heavy (non-hydrogen) atoms. The predicted octanol–water partition coefficient (Wildman–Crippen LogP) is 2.24. The van der Waals surface area contributed by atoms with E-state index in [1.54, 1.807) is 7.05 Å². The second-order valence-corrected chi connectivity index (χ2v) is 2.57. The number of amides is 2. The highest BCUT2D eigenvalue weighted by atomic mass is 16.2. The number of rotatable bonds is 1. The van der Waals surface area contributed by atoms with E-state index in [0.29, 0.717) is 0 Å². The van der Waals surface area contributed by atoms with Crippen molar-refractivity contribution in [3.63, 3.8) is 0 Å². The second-order valence-electron chi connectivity index (χ2n) is 2.57. The van der Waals surface area contributed by atoms with E-state index < -0.39 is 0 Å². The van der Waals surface area contributed by atoms with Crippen LogP contribution in [0.2, 0.25) is 0 Å². The summed E-state index contributed by atoms with van der Waals surface area (Å²) in [5.74, 6) is 0. The van der Waals surface area contributed by atoms with Gasteiger partial charge in [-0.3, -0.25) is 0 Å². The van der Waals surface area contributed by atoms with Gasteiger partial charge in [-0.1, -0.05) is 17.7 Å². The Labute approximate surface area is 74.8 Å². The van der Waals surface area contributed by atoms with E-state index in [9.17, 15) is 4.79 Å². The zero-order valence-corrected chi connectivity index (χ0v) is 7.22. The Morgan fingerprint density at radius 3 is 2.42 bits per heavy atom. The second kappa shape index (κ2) is 3.76. The van der Waals surface area contributed by atoms with Crippen molar-refractivity contribution in [3.8, 4) is 0 Å². The molecule has 0 fully saturated rings. The van der Waals surface area contributed by atoms with Gasteiger partial charge in [-0.25, -0.2) is 4.79 Å². The monoisotopic (exact) mass is 168 g/mol. The number of carbonyl (C=O) groups excluding carboxylic acids is 1. The van der Waals surface area contributed by atoms with Crippen molar-refractivity contribution >= 4 is 11.7 Å². The SMILES string of the molecule is CNC(=O)Nc1ccc(C)cc1.[HH].[HH]. The van der Waals surface area contributed by atoms with E-state index in [2.05, 4.69) is 10.6 Å². The summed E-state index contributed by atoms with van der Waals surface area (Å²) in [6.07, 6.45) is 0. The minimum atomic E-state index is -0.196. The molecule has 0 saturated carbocycles. The molecule has 3 nitrogen and oxygen atoms in total. The summed E-state index contributed by atoms with van der Waals surface area (Å²) in [5, 5.41) is 5.15. The summed E-state index contributed by atoms with van der Waals surface area (Å²) in [6.45, 7) is 2.00. The van der Waals surface area contributed by atoms with E-state index in [1.165, 1.54) is 5.56 Å². The normalized spacial score (nSPS) is 9.17. The first kappa shape index (κ1) is 8.59. The molecule has 0 aliphatic rings. The molecule has 0 bridgehead atoms. The molecule has 0 radical (unpaired) electrons. The number of hydrogen-bond donors (Lipinski definition) is 2. The Bertz CT molecular complexity index is 275. The van der Waals surface area contributed by atoms with Crippen LogP contribution in [-0.2, 0) is 0 Å². The van der Waals surface area contributed by atoms with Crippen LogP contribution < -0.4 is 10.6 Å². The van der Waals surface area contributed by atoms with Crippen LogP contribution in [-0.4, -0.2) is 13.1 Å². The van der Waals surface area contributed by atoms with Crippen LogP contribution in [0.1, 0.15) is 8.42 Å². The van der Waals surface area contributed by atoms with Gasteiger partial charge in [0.15, 0.2) is 0 Å². The van der Waals surface area contributed by atoms with E-state index in [1.807, 2.05) is 31.2 Å². The van der Waals surface area contributed by atoms with Crippen molar-refractivity contribution in [1.82, 2.24) is 5.32 Å². The summed E-state index contributed by atoms with van der Waals surface area (Å²) in [7, 11) is 1.59. The molecule has 0 spiro atoms. The molecule has 2 amide bonds. The Kier molecular flexibility index (Phi) is 2.69. The van der Waals surface area contributed by atoms with Gasteiger partial charge in [0, 0.05) is 15.6 Å². The first-order valence-electron chi connectivity index (χ1n) is 3.78. The fourth-order valence-corrected chi connectivity index (χ4v) is 0.830. The van der Waals surface area contributed by atoms with Gasteiger partial charge in [0.05, 0.1) is 0 Å². The van der Waals surface area contributed by atoms with E-state index in [4.69, 9.17) is 0 Å². The maximum Gasteiger partial charge on any atom is 0.318 e. The minimum absolute atomic E-state index is 0. The number of hydrogen-bond acceptors (Lipinski definition) is 1. The summed E-state index contributed by atoms with van der Waals surface area (Å²) < 4.78 is 0. The summed E-state index contributed by atoms with van der Waals surface area (Å²) in [6, 6.07) is 7.44. The standard InChI is InChI=1S/C9H12N2O.2H2/c1-7-3-5-8(6-4-7)11-9(12)10-2;;/h3-6H,1-2H3,(H2,10,11,12);2*1H. The molecule has 1 rings (SSSR count). The lowest BCUT2D eigenvalue weighted by molar-refractivity contribution is 0.254. The molecule has 3 heteroatoms. The Morgan fingerprint density at radius 1 is 1.33 bits per heavy atom. The highest BCUT2D eigenvalue weighted by molar-refractivity contribution is 5.88. The molecule has 1 aromatic rings. The van der Waals surface area contributed by atoms with Gasteiger partial charge in [-0.2, -0.15) is 0 Å². The van der Waals surface area contributed by atoms with Crippen LogP contribution >= 0.6 is 0 Å². The molecule has 0 aromatic heterocycles. The predicted molar refractivity (Wildman–Crippen MR) is 53.5 cm³/mol. The lowest BCUT2D eigenvalue weighted by Crippen LogP contribution is -2.24. The number of nitrogens with one attached hydrogen (secondary N) is 2. The quantitative estimate of drug-likeness (QED) is 0.663. The van der Waals surface area contributed by atoms with Crippen LogP contribution in [0.25, 0.3) is 0 Å². The van der Waals surface area contributed by atoms with Crippen LogP contribution in [0.3, 0.4) is 0 Å². The number of urea groups is 1. The fourth-order valence-electron chi connectivity index (χ4n) is 0.830. The lowest BCUT2D eigenvalue weighted by atomic mass is 10.2. The van der Waals surface area contributed by atoms with Crippen molar-refractivity contribution in [2.24, 2.45) is 0 Å². The Hall–Kier alpha value is -1.51. The largest absolute Gasteiger partial charge is 0.341 e. The Morgan fingerprint density at radius 2 is 1.92 bits per heavy atom. The van der Waals surface area contributed by atoms with Gasteiger partial charge in [0.2, 0.25) is 0 Å². The molecule has 0 aliphatic carbocycles. The summed E-state index contributed by atoms with van der Waals surface area (Å²) >= 11 is 0. The first-order chi connectivity index (χ1) is 5.72. The van der Waals surface area contributed by atoms with Gasteiger partial charge in [0.25, 0.3) is 0 Å². The molecule has 0 atom stereocenters. The third-order valence-corrected chi connectivity index (χ3v) is 1.54. The fraction of sp³-hybridized carbons (Fsp3) is 0.222. The van der Waals surface area contributed by atoms with Crippen molar-refractivity contribution in [1.29, 1.82) is 0 Å². The van der Waals surface area contributed by atoms with Crippen molar-refractivity contribution in [2.75, 3.05) is 12.4 Å². The molecule has 0 heterocycles. The third kappa shape index (κ3) is 2.27. The van der Waals surface area contributed by atoms with Crippen LogP contribution in [0.15, 0.2) is 24.3 Å². The molecule has 0 saturated heterocycles. The number of benzene rings is 1. The zero-order valence-electron chi connectivity index (χ0n) is 7.22. The molecule has 2 N–H and O–H groups in total. The maximum absolute atomic E-state index is 10.8. The summed E-state index contributed by atoms with van der Waals surface area (Å²) in [4.78, 5) is 10.8. The van der Waals surface area contributed by atoms with Crippen LogP contribution in [0.5, 0.6) is 0 Å². The minimum Gasteiger partial charge on any atom is -0.341 e. The molecular formula is C9H16N2O. The van der Waals surface area contributed by atoms with Gasteiger partial charge < -0.3 is 10.6 Å². The number of carbonyl (C=O) groups is 1. The molecule has 0 aliphatic heterocycles. The van der Waals surface area contributed by atoms with E-state index in [0.717, 1.165) is 5.69 Å². The van der Waals surface area contributed by atoms with Crippen LogP contribution in [0.4, 0.5) is 10.5 Å². The highest BCUT2D eigenvalue weighted by Gasteiger charge is 1.95. The van der Waals surface area contributed by atoms with Gasteiger partial charge in [-0.15, -0.1) is 0 Å². The topological polar surface area (TPSA) is 41.1 Å². The molecule has 68 valence electrons. The van der Waals surface area contributed by atoms with Crippen molar-refractivity contribution in [3.05, 3.63) is 29.8 Å². The lowest BCUT2D eigenvalue weighted by Gasteiger charge is -2.03. The van der Waals surface area contributed by atoms with Gasteiger partial charge in [0.1, 0.15) is 0 Å². The number of aryl methyl sites for hydroxylation is 1. The average Bonchev–Trinajstić information content (AvgIpc) is 2.09. The van der Waals surface area contributed by atoms with Gasteiger partial charge >= 0.3 is 6.03 Å².